The number of nitrogens with one attached hydrogen (secondary N) is 1. The molecule has 8 nitrogen and oxygen atoms in total. The van der Waals surface area contributed by atoms with Crippen molar-refractivity contribution in [1.82, 2.24) is 34.1 Å². The molecule has 37 heavy (non-hydrogen) atoms. The highest BCUT2D eigenvalue weighted by molar-refractivity contribution is 7.98. The van der Waals surface area contributed by atoms with Crippen LogP contribution in [-0.2, 0) is 4.79 Å². The first kappa shape index (κ1) is 24.3. The van der Waals surface area contributed by atoms with E-state index >= 15 is 0 Å². The van der Waals surface area contributed by atoms with Crippen molar-refractivity contribution in [3.8, 4) is 22.4 Å². The number of halogens is 1. The van der Waals surface area contributed by atoms with Crippen molar-refractivity contribution in [2.75, 3.05) is 13.1 Å². The molecule has 0 bridgehead atoms. The number of H-pyrrole nitrogens is 1. The van der Waals surface area contributed by atoms with Gasteiger partial charge in [0, 0.05) is 57.7 Å². The molecule has 2 fully saturated rings. The highest BCUT2D eigenvalue weighted by Crippen LogP contribution is 2.55. The summed E-state index contributed by atoms with van der Waals surface area (Å²) in [5, 5.41) is 19.3. The van der Waals surface area contributed by atoms with Crippen molar-refractivity contribution in [2.24, 2.45) is 5.41 Å². The summed E-state index contributed by atoms with van der Waals surface area (Å²) in [5.41, 5.74) is 7.01. The molecule has 0 unspecified atom stereocenters. The van der Waals surface area contributed by atoms with Crippen molar-refractivity contribution in [2.45, 2.75) is 51.8 Å². The van der Waals surface area contributed by atoms with E-state index in [0.29, 0.717) is 10.3 Å². The Morgan fingerprint density at radius 1 is 1.27 bits per heavy atom. The van der Waals surface area contributed by atoms with Crippen LogP contribution in [-0.4, -0.2) is 58.3 Å². The first-order valence-corrected chi connectivity index (χ1v) is 13.8. The first-order valence-electron chi connectivity index (χ1n) is 12.5. The number of rotatable bonds is 6. The van der Waals surface area contributed by atoms with Crippen molar-refractivity contribution in [1.29, 1.82) is 0 Å². The fourth-order valence-electron chi connectivity index (χ4n) is 5.94. The summed E-state index contributed by atoms with van der Waals surface area (Å²) in [4.78, 5) is 13.8. The number of likely N-dealkylation sites (tertiary alicyclic amines) is 1. The number of carbonyl (C=O) groups excluding carboxylic acids is 1. The summed E-state index contributed by atoms with van der Waals surface area (Å²) < 4.78 is 4.08. The van der Waals surface area contributed by atoms with E-state index in [1.54, 1.807) is 11.9 Å². The molecule has 1 N–H and O–H groups in total. The number of amides is 1. The van der Waals surface area contributed by atoms with E-state index < -0.39 is 0 Å². The lowest BCUT2D eigenvalue weighted by atomic mass is 9.60. The van der Waals surface area contributed by atoms with Crippen molar-refractivity contribution < 1.29 is 4.79 Å². The maximum atomic E-state index is 12.0. The number of hydrogen-bond acceptors (Lipinski definition) is 5. The predicted octanol–water partition coefficient (Wildman–Crippen LogP) is 5.81. The molecule has 1 amide bonds. The Balaban J connectivity index is 1.43. The summed E-state index contributed by atoms with van der Waals surface area (Å²) in [5.74, 6) is 0.0171. The third kappa shape index (κ3) is 3.90. The lowest BCUT2D eigenvalue weighted by molar-refractivity contribution is -0.149. The lowest BCUT2D eigenvalue weighted by Gasteiger charge is -2.58. The van der Waals surface area contributed by atoms with E-state index in [-0.39, 0.29) is 17.4 Å². The average Bonchev–Trinajstić information content (AvgIpc) is 3.52. The summed E-state index contributed by atoms with van der Waals surface area (Å²) >= 11 is 8.66. The quantitative estimate of drug-likeness (QED) is 0.315. The van der Waals surface area contributed by atoms with Crippen molar-refractivity contribution in [3.63, 3.8) is 0 Å². The van der Waals surface area contributed by atoms with Gasteiger partial charge in [-0.05, 0) is 56.3 Å². The number of aromatic nitrogens is 6. The van der Waals surface area contributed by atoms with Gasteiger partial charge in [-0.15, -0.1) is 0 Å². The van der Waals surface area contributed by atoms with Gasteiger partial charge in [0.2, 0.25) is 5.91 Å². The molecular formula is C27H30ClN7OS. The predicted molar refractivity (Wildman–Crippen MR) is 149 cm³/mol. The van der Waals surface area contributed by atoms with Gasteiger partial charge >= 0.3 is 0 Å². The van der Waals surface area contributed by atoms with Crippen LogP contribution < -0.4 is 0 Å². The molecule has 1 aromatic carbocycles. The van der Waals surface area contributed by atoms with Gasteiger partial charge in [-0.25, -0.2) is 4.09 Å². The van der Waals surface area contributed by atoms with Gasteiger partial charge < -0.3 is 4.90 Å². The molecule has 1 saturated carbocycles. The molecule has 1 saturated heterocycles. The average molecular weight is 536 g/mol. The van der Waals surface area contributed by atoms with E-state index in [0.717, 1.165) is 70.5 Å². The number of aryl methyl sites for hydroxylation is 1. The van der Waals surface area contributed by atoms with E-state index in [4.69, 9.17) is 16.7 Å². The minimum absolute atomic E-state index is 0.0171. The molecule has 1 spiro atoms. The molecule has 1 aliphatic heterocycles. The van der Waals surface area contributed by atoms with Crippen LogP contribution in [0.2, 0.25) is 5.02 Å². The highest BCUT2D eigenvalue weighted by atomic mass is 35.5. The molecule has 4 heterocycles. The van der Waals surface area contributed by atoms with Crippen LogP contribution >= 0.6 is 23.5 Å². The second kappa shape index (κ2) is 8.77. The Morgan fingerprint density at radius 2 is 2.03 bits per heavy atom. The molecule has 192 valence electrons. The van der Waals surface area contributed by atoms with Crippen LogP contribution in [0.3, 0.4) is 0 Å². The maximum Gasteiger partial charge on any atom is 0.245 e. The zero-order chi connectivity index (χ0) is 26.1. The Kier molecular flexibility index (Phi) is 5.76. The van der Waals surface area contributed by atoms with Crippen LogP contribution in [0, 0.1) is 19.3 Å². The standard InChI is InChI=1S/C27H30ClN7OS/c1-6-22(36)33-13-27(14-33)8-19(9-27)35-17(5)23(24-20-11-29-31-21(20)7-16(4)25(24)28)26(32-35)18-10-30-34(12-18)37-15(2)3/h6-7,10-12,15,19H,1,8-9,13-14H2,2-5H3,(H,29,31). The van der Waals surface area contributed by atoms with Crippen molar-refractivity contribution in [3.05, 3.63) is 53.6 Å². The zero-order valence-corrected chi connectivity index (χ0v) is 23.0. The molecule has 0 radical (unpaired) electrons. The van der Waals surface area contributed by atoms with Crippen LogP contribution in [0.25, 0.3) is 33.3 Å². The number of carbonyl (C=O) groups is 1. The van der Waals surface area contributed by atoms with E-state index in [9.17, 15) is 4.79 Å². The Hall–Kier alpha value is -3.04. The molecule has 3 aromatic heterocycles. The van der Waals surface area contributed by atoms with E-state index in [2.05, 4.69) is 47.3 Å². The van der Waals surface area contributed by atoms with E-state index in [1.807, 2.05) is 40.6 Å². The minimum Gasteiger partial charge on any atom is -0.338 e. The van der Waals surface area contributed by atoms with Gasteiger partial charge in [0.15, 0.2) is 0 Å². The molecular weight excluding hydrogens is 506 g/mol. The Morgan fingerprint density at radius 3 is 2.73 bits per heavy atom. The molecule has 6 rings (SSSR count). The van der Waals surface area contributed by atoms with Gasteiger partial charge in [0.1, 0.15) is 5.69 Å². The summed E-state index contributed by atoms with van der Waals surface area (Å²) in [6.45, 7) is 13.7. The number of fused-ring (bicyclic) bond motifs is 1. The van der Waals surface area contributed by atoms with Gasteiger partial charge in [0.05, 0.1) is 29.0 Å². The fraction of sp³-hybridized carbons (Fsp3) is 0.407. The van der Waals surface area contributed by atoms with E-state index in [1.165, 1.54) is 6.08 Å². The summed E-state index contributed by atoms with van der Waals surface area (Å²) in [6, 6.07) is 2.31. The van der Waals surface area contributed by atoms with Gasteiger partial charge in [0.25, 0.3) is 0 Å². The van der Waals surface area contributed by atoms with Gasteiger partial charge in [-0.3, -0.25) is 14.6 Å². The highest BCUT2D eigenvalue weighted by Gasteiger charge is 2.54. The Bertz CT molecular complexity index is 1530. The van der Waals surface area contributed by atoms with Crippen LogP contribution in [0.5, 0.6) is 0 Å². The Labute approximate surface area is 225 Å². The van der Waals surface area contributed by atoms with Crippen molar-refractivity contribution >= 4 is 40.4 Å². The normalized spacial score (nSPS) is 17.0. The fourth-order valence-corrected chi connectivity index (χ4v) is 6.90. The lowest BCUT2D eigenvalue weighted by Crippen LogP contribution is -2.63. The third-order valence-electron chi connectivity index (χ3n) is 7.64. The second-order valence-corrected chi connectivity index (χ2v) is 12.6. The summed E-state index contributed by atoms with van der Waals surface area (Å²) in [6.07, 6.45) is 9.17. The molecule has 4 aromatic rings. The molecule has 1 aliphatic carbocycles. The van der Waals surface area contributed by atoms with Crippen LogP contribution in [0.4, 0.5) is 0 Å². The molecule has 2 aliphatic rings. The first-order chi connectivity index (χ1) is 17.7. The zero-order valence-electron chi connectivity index (χ0n) is 21.5. The number of hydrogen-bond donors (Lipinski definition) is 1. The molecule has 0 atom stereocenters. The largest absolute Gasteiger partial charge is 0.338 e. The SMILES string of the molecule is C=CC(=O)N1CC2(CC(n3nc(-c4cnn(SC(C)C)c4)c(-c4c(Cl)c(C)cc5[nH]ncc45)c3C)C2)C1. The van der Waals surface area contributed by atoms with Gasteiger partial charge in [-0.1, -0.05) is 32.0 Å². The summed E-state index contributed by atoms with van der Waals surface area (Å²) in [7, 11) is 0. The number of aromatic amines is 1. The topological polar surface area (TPSA) is 84.6 Å². The second-order valence-electron chi connectivity index (χ2n) is 10.7. The molecule has 10 heteroatoms. The number of nitrogens with zero attached hydrogens (tertiary/aromatic N) is 6. The van der Waals surface area contributed by atoms with Gasteiger partial charge in [-0.2, -0.15) is 15.3 Å². The third-order valence-corrected chi connectivity index (χ3v) is 8.96. The smallest absolute Gasteiger partial charge is 0.245 e. The van der Waals surface area contributed by atoms with Crippen LogP contribution in [0.15, 0.2) is 37.3 Å². The maximum absolute atomic E-state index is 12.0. The van der Waals surface area contributed by atoms with Crippen LogP contribution in [0.1, 0.15) is 44.0 Å². The monoisotopic (exact) mass is 535 g/mol. The minimum atomic E-state index is 0.0171. The number of benzene rings is 1.